The Morgan fingerprint density at radius 3 is 1.56 bits per heavy atom. The van der Waals surface area contributed by atoms with E-state index in [1.165, 1.54) is 83.5 Å². The Labute approximate surface area is 201 Å². The van der Waals surface area contributed by atoms with Crippen LogP contribution in [0.1, 0.15) is 130 Å². The number of hydrogen-bond acceptors (Lipinski definition) is 4. The summed E-state index contributed by atoms with van der Waals surface area (Å²) in [5, 5.41) is 10.2. The average Bonchev–Trinajstić information content (AvgIpc) is 2.72. The Kier molecular flexibility index (Phi) is 18.7. The third-order valence-corrected chi connectivity index (χ3v) is 11.4. The molecular formula is C27H56O4Si. The van der Waals surface area contributed by atoms with Crippen LogP contribution in [0.25, 0.3) is 0 Å². The Balaban J connectivity index is 3.46. The minimum atomic E-state index is -1.88. The SMILES string of the molecule is CCCCCCCCCCCCCCCCCC(=O)OC[C@@H](O)CO[Si](C)(C)C(C)(C)C. The Morgan fingerprint density at radius 1 is 0.750 bits per heavy atom. The van der Waals surface area contributed by atoms with Crippen molar-refractivity contribution in [1.29, 1.82) is 0 Å². The first-order chi connectivity index (χ1) is 15.1. The minimum Gasteiger partial charge on any atom is -0.463 e. The number of carbonyl (C=O) groups is 1. The fourth-order valence-electron chi connectivity index (χ4n) is 3.47. The van der Waals surface area contributed by atoms with Crippen molar-refractivity contribution in [3.63, 3.8) is 0 Å². The second kappa shape index (κ2) is 19.0. The molecular weight excluding hydrogens is 416 g/mol. The van der Waals surface area contributed by atoms with Crippen LogP contribution in [0.4, 0.5) is 0 Å². The normalized spacial score (nSPS) is 13.3. The van der Waals surface area contributed by atoms with Gasteiger partial charge >= 0.3 is 5.97 Å². The highest BCUT2D eigenvalue weighted by Crippen LogP contribution is 2.36. The maximum Gasteiger partial charge on any atom is 0.305 e. The van der Waals surface area contributed by atoms with Crippen molar-refractivity contribution in [2.24, 2.45) is 0 Å². The van der Waals surface area contributed by atoms with Gasteiger partial charge in [-0.2, -0.15) is 0 Å². The second-order valence-electron chi connectivity index (χ2n) is 11.1. The van der Waals surface area contributed by atoms with Crippen LogP contribution in [-0.2, 0) is 14.0 Å². The van der Waals surface area contributed by atoms with E-state index in [1.54, 1.807) is 0 Å². The molecule has 0 spiro atoms. The summed E-state index contributed by atoms with van der Waals surface area (Å²) in [5.41, 5.74) is 0. The van der Waals surface area contributed by atoms with Crippen molar-refractivity contribution in [2.45, 2.75) is 155 Å². The molecule has 1 atom stereocenters. The summed E-state index contributed by atoms with van der Waals surface area (Å²) in [6.07, 6.45) is 19.4. The van der Waals surface area contributed by atoms with Gasteiger partial charge in [0.05, 0.1) is 6.61 Å². The van der Waals surface area contributed by atoms with Gasteiger partial charge in [0.1, 0.15) is 12.7 Å². The predicted molar refractivity (Wildman–Crippen MR) is 140 cm³/mol. The number of esters is 1. The zero-order valence-electron chi connectivity index (χ0n) is 22.5. The first kappa shape index (κ1) is 31.6. The molecule has 1 N–H and O–H groups in total. The molecule has 0 aliphatic carbocycles. The van der Waals surface area contributed by atoms with Gasteiger partial charge in [0.2, 0.25) is 0 Å². The van der Waals surface area contributed by atoms with Crippen molar-refractivity contribution in [3.05, 3.63) is 0 Å². The molecule has 0 saturated heterocycles. The topological polar surface area (TPSA) is 55.8 Å². The molecule has 0 bridgehead atoms. The molecule has 0 aromatic rings. The van der Waals surface area contributed by atoms with E-state index in [0.717, 1.165) is 12.8 Å². The maximum atomic E-state index is 11.9. The van der Waals surface area contributed by atoms with Crippen LogP contribution in [0.15, 0.2) is 0 Å². The standard InChI is InChI=1S/C27H56O4Si/c1-7-8-9-10-11-12-13-14-15-16-17-18-19-20-21-22-26(29)30-23-25(28)24-31-32(5,6)27(2,3)4/h25,28H,7-24H2,1-6H3/t25-/m1/s1. The van der Waals surface area contributed by atoms with Crippen LogP contribution in [0, 0.1) is 0 Å². The largest absolute Gasteiger partial charge is 0.463 e. The summed E-state index contributed by atoms with van der Waals surface area (Å²) < 4.78 is 11.2. The van der Waals surface area contributed by atoms with Crippen LogP contribution in [-0.4, -0.2) is 38.7 Å². The van der Waals surface area contributed by atoms with Crippen LogP contribution >= 0.6 is 0 Å². The Hall–Kier alpha value is -0.393. The molecule has 0 rings (SSSR count). The molecule has 0 aromatic carbocycles. The molecule has 0 aliphatic rings. The number of aliphatic hydroxyl groups excluding tert-OH is 1. The molecule has 0 saturated carbocycles. The van der Waals surface area contributed by atoms with E-state index >= 15 is 0 Å². The van der Waals surface area contributed by atoms with E-state index in [2.05, 4.69) is 40.8 Å². The molecule has 32 heavy (non-hydrogen) atoms. The van der Waals surface area contributed by atoms with Gasteiger partial charge in [0.15, 0.2) is 8.32 Å². The van der Waals surface area contributed by atoms with Gasteiger partial charge < -0.3 is 14.3 Å². The smallest absolute Gasteiger partial charge is 0.305 e. The fourth-order valence-corrected chi connectivity index (χ4v) is 4.51. The summed E-state index contributed by atoms with van der Waals surface area (Å²) >= 11 is 0. The van der Waals surface area contributed by atoms with E-state index in [1.807, 2.05) is 0 Å². The number of carbonyl (C=O) groups excluding carboxylic acids is 1. The summed E-state index contributed by atoms with van der Waals surface area (Å²) in [7, 11) is -1.88. The summed E-state index contributed by atoms with van der Waals surface area (Å²) in [6.45, 7) is 13.4. The first-order valence-electron chi connectivity index (χ1n) is 13.6. The molecule has 0 radical (unpaired) electrons. The molecule has 192 valence electrons. The molecule has 0 fully saturated rings. The summed E-state index contributed by atoms with van der Waals surface area (Å²) in [6, 6.07) is 0. The van der Waals surface area contributed by atoms with Crippen molar-refractivity contribution < 1.29 is 19.1 Å². The number of unbranched alkanes of at least 4 members (excludes halogenated alkanes) is 14. The first-order valence-corrected chi connectivity index (χ1v) is 16.5. The third kappa shape index (κ3) is 18.1. The van der Waals surface area contributed by atoms with Gasteiger partial charge in [-0.1, -0.05) is 118 Å². The van der Waals surface area contributed by atoms with E-state index in [4.69, 9.17) is 9.16 Å². The fraction of sp³-hybridized carbons (Fsp3) is 0.963. The summed E-state index contributed by atoms with van der Waals surface area (Å²) in [4.78, 5) is 11.9. The van der Waals surface area contributed by atoms with Crippen molar-refractivity contribution in [3.8, 4) is 0 Å². The van der Waals surface area contributed by atoms with Gasteiger partial charge in [0, 0.05) is 6.42 Å². The maximum absolute atomic E-state index is 11.9. The Bertz CT molecular complexity index is 445. The average molecular weight is 473 g/mol. The Morgan fingerprint density at radius 2 is 1.16 bits per heavy atom. The zero-order chi connectivity index (χ0) is 24.3. The van der Waals surface area contributed by atoms with Gasteiger partial charge in [-0.3, -0.25) is 4.79 Å². The molecule has 4 nitrogen and oxygen atoms in total. The van der Waals surface area contributed by atoms with Gasteiger partial charge in [-0.05, 0) is 24.6 Å². The number of aliphatic hydroxyl groups is 1. The molecule has 0 amide bonds. The van der Waals surface area contributed by atoms with Gasteiger partial charge in [-0.25, -0.2) is 0 Å². The van der Waals surface area contributed by atoms with E-state index in [9.17, 15) is 9.90 Å². The summed E-state index contributed by atoms with van der Waals surface area (Å²) in [5.74, 6) is -0.203. The molecule has 0 aliphatic heterocycles. The van der Waals surface area contributed by atoms with Crippen LogP contribution < -0.4 is 0 Å². The predicted octanol–water partition coefficient (Wildman–Crippen LogP) is 8.17. The number of rotatable bonds is 21. The van der Waals surface area contributed by atoms with E-state index in [0.29, 0.717) is 6.42 Å². The third-order valence-electron chi connectivity index (χ3n) is 6.86. The highest BCUT2D eigenvalue weighted by atomic mass is 28.4. The molecule has 0 aromatic heterocycles. The van der Waals surface area contributed by atoms with Crippen LogP contribution in [0.5, 0.6) is 0 Å². The lowest BCUT2D eigenvalue weighted by Gasteiger charge is -2.36. The number of hydrogen-bond donors (Lipinski definition) is 1. The monoisotopic (exact) mass is 472 g/mol. The van der Waals surface area contributed by atoms with Crippen LogP contribution in [0.2, 0.25) is 18.1 Å². The van der Waals surface area contributed by atoms with Gasteiger partial charge in [0.25, 0.3) is 0 Å². The quantitative estimate of drug-likeness (QED) is 0.104. The van der Waals surface area contributed by atoms with Gasteiger partial charge in [-0.15, -0.1) is 0 Å². The molecule has 0 heterocycles. The lowest BCUT2D eigenvalue weighted by Crippen LogP contribution is -2.43. The minimum absolute atomic E-state index is 0.0339. The van der Waals surface area contributed by atoms with Crippen LogP contribution in [0.3, 0.4) is 0 Å². The van der Waals surface area contributed by atoms with E-state index in [-0.39, 0.29) is 24.2 Å². The lowest BCUT2D eigenvalue weighted by atomic mass is 10.0. The lowest BCUT2D eigenvalue weighted by molar-refractivity contribution is -0.147. The van der Waals surface area contributed by atoms with Crippen molar-refractivity contribution in [2.75, 3.05) is 13.2 Å². The molecule has 0 unspecified atom stereocenters. The number of ether oxygens (including phenoxy) is 1. The molecule has 5 heteroatoms. The second-order valence-corrected chi connectivity index (χ2v) is 15.9. The van der Waals surface area contributed by atoms with Crippen molar-refractivity contribution in [1.82, 2.24) is 0 Å². The zero-order valence-corrected chi connectivity index (χ0v) is 23.5. The highest BCUT2D eigenvalue weighted by Gasteiger charge is 2.37. The van der Waals surface area contributed by atoms with Crippen molar-refractivity contribution >= 4 is 14.3 Å². The highest BCUT2D eigenvalue weighted by molar-refractivity contribution is 6.74. The van der Waals surface area contributed by atoms with E-state index < -0.39 is 14.4 Å².